The second kappa shape index (κ2) is 4.69. The van der Waals surface area contributed by atoms with Gasteiger partial charge in [0.25, 0.3) is 0 Å². The van der Waals surface area contributed by atoms with Crippen LogP contribution in [-0.2, 0) is 11.3 Å². The quantitative estimate of drug-likeness (QED) is 0.794. The van der Waals surface area contributed by atoms with E-state index in [2.05, 4.69) is 10.3 Å². The van der Waals surface area contributed by atoms with Crippen LogP contribution < -0.4 is 5.32 Å². The van der Waals surface area contributed by atoms with E-state index in [-0.39, 0.29) is 0 Å². The minimum absolute atomic E-state index is 0.431. The number of nitrogens with zero attached hydrogens (tertiary/aromatic N) is 1. The lowest BCUT2D eigenvalue weighted by Gasteiger charge is -2.08. The summed E-state index contributed by atoms with van der Waals surface area (Å²) in [5.74, 6) is 0. The van der Waals surface area contributed by atoms with Gasteiger partial charge in [0.1, 0.15) is 5.01 Å². The van der Waals surface area contributed by atoms with E-state index >= 15 is 0 Å². The van der Waals surface area contributed by atoms with Crippen molar-refractivity contribution < 1.29 is 4.74 Å². The number of hydrogen-bond acceptors (Lipinski definition) is 4. The Kier molecular flexibility index (Phi) is 3.29. The van der Waals surface area contributed by atoms with Crippen molar-refractivity contribution in [2.75, 3.05) is 13.2 Å². The molecule has 1 aliphatic rings. The zero-order chi connectivity index (χ0) is 8.93. The van der Waals surface area contributed by atoms with Crippen LogP contribution in [0.15, 0.2) is 11.6 Å². The van der Waals surface area contributed by atoms with E-state index in [1.807, 2.05) is 11.6 Å². The highest BCUT2D eigenvalue weighted by Gasteiger charge is 2.14. The molecule has 4 heteroatoms. The maximum Gasteiger partial charge on any atom is 0.106 e. The fourth-order valence-corrected chi connectivity index (χ4v) is 2.07. The van der Waals surface area contributed by atoms with E-state index in [0.29, 0.717) is 6.10 Å². The van der Waals surface area contributed by atoms with Gasteiger partial charge in [-0.3, -0.25) is 0 Å². The van der Waals surface area contributed by atoms with Gasteiger partial charge in [-0.05, 0) is 12.8 Å². The summed E-state index contributed by atoms with van der Waals surface area (Å²) in [7, 11) is 0. The lowest BCUT2D eigenvalue weighted by molar-refractivity contribution is 0.110. The van der Waals surface area contributed by atoms with Crippen molar-refractivity contribution >= 4 is 11.3 Å². The van der Waals surface area contributed by atoms with Gasteiger partial charge in [-0.15, -0.1) is 11.3 Å². The van der Waals surface area contributed by atoms with Gasteiger partial charge in [-0.1, -0.05) is 0 Å². The third-order valence-electron chi connectivity index (χ3n) is 2.16. The highest BCUT2D eigenvalue weighted by molar-refractivity contribution is 7.09. The molecule has 1 aromatic heterocycles. The van der Waals surface area contributed by atoms with Crippen molar-refractivity contribution in [2.45, 2.75) is 25.5 Å². The number of rotatable bonds is 4. The van der Waals surface area contributed by atoms with Gasteiger partial charge in [0.15, 0.2) is 0 Å². The van der Waals surface area contributed by atoms with Crippen LogP contribution in [0.25, 0.3) is 0 Å². The van der Waals surface area contributed by atoms with Crippen LogP contribution in [0.5, 0.6) is 0 Å². The molecule has 13 heavy (non-hydrogen) atoms. The molecule has 0 spiro atoms. The molecule has 72 valence electrons. The van der Waals surface area contributed by atoms with Gasteiger partial charge in [-0.25, -0.2) is 4.98 Å². The van der Waals surface area contributed by atoms with Crippen LogP contribution in [0.1, 0.15) is 17.8 Å². The minimum Gasteiger partial charge on any atom is -0.377 e. The van der Waals surface area contributed by atoms with E-state index < -0.39 is 0 Å². The Hall–Kier alpha value is -0.450. The van der Waals surface area contributed by atoms with E-state index in [1.54, 1.807) is 11.3 Å². The highest BCUT2D eigenvalue weighted by Crippen LogP contribution is 2.11. The van der Waals surface area contributed by atoms with Gasteiger partial charge in [0.2, 0.25) is 0 Å². The van der Waals surface area contributed by atoms with Crippen molar-refractivity contribution in [1.82, 2.24) is 10.3 Å². The van der Waals surface area contributed by atoms with Crippen LogP contribution >= 0.6 is 11.3 Å². The Morgan fingerprint density at radius 1 is 1.69 bits per heavy atom. The number of ether oxygens (including phenoxy) is 1. The molecule has 0 amide bonds. The van der Waals surface area contributed by atoms with Gasteiger partial charge >= 0.3 is 0 Å². The number of hydrogen-bond donors (Lipinski definition) is 1. The Morgan fingerprint density at radius 2 is 2.69 bits per heavy atom. The van der Waals surface area contributed by atoms with Crippen LogP contribution in [0.2, 0.25) is 0 Å². The average molecular weight is 198 g/mol. The van der Waals surface area contributed by atoms with Crippen LogP contribution in [-0.4, -0.2) is 24.2 Å². The van der Waals surface area contributed by atoms with Crippen LogP contribution in [0, 0.1) is 0 Å². The predicted molar refractivity (Wildman–Crippen MR) is 52.8 cm³/mol. The Bertz CT molecular complexity index is 232. The van der Waals surface area contributed by atoms with Crippen molar-refractivity contribution in [3.8, 4) is 0 Å². The lowest BCUT2D eigenvalue weighted by atomic mass is 10.2. The smallest absolute Gasteiger partial charge is 0.106 e. The first kappa shape index (κ1) is 9.12. The topological polar surface area (TPSA) is 34.1 Å². The molecule has 1 N–H and O–H groups in total. The molecule has 0 unspecified atom stereocenters. The van der Waals surface area contributed by atoms with E-state index in [4.69, 9.17) is 4.74 Å². The van der Waals surface area contributed by atoms with Crippen LogP contribution in [0.4, 0.5) is 0 Å². The summed E-state index contributed by atoms with van der Waals surface area (Å²) in [6.45, 7) is 2.76. The summed E-state index contributed by atoms with van der Waals surface area (Å²) in [4.78, 5) is 4.20. The molecule has 0 aliphatic carbocycles. The Labute approximate surface area is 82.1 Å². The standard InChI is InChI=1S/C9H14N2OS/c1-2-8(12-4-1)6-10-7-9-11-3-5-13-9/h3,5,8,10H,1-2,4,6-7H2/t8-/m0/s1. The molecule has 1 saturated heterocycles. The van der Waals surface area contributed by atoms with Crippen molar-refractivity contribution in [3.63, 3.8) is 0 Å². The molecule has 2 rings (SSSR count). The molecule has 0 aromatic carbocycles. The zero-order valence-electron chi connectivity index (χ0n) is 7.53. The predicted octanol–water partition coefficient (Wildman–Crippen LogP) is 1.41. The fourth-order valence-electron chi connectivity index (χ4n) is 1.49. The van der Waals surface area contributed by atoms with E-state index in [0.717, 1.165) is 24.7 Å². The molecule has 2 heterocycles. The first-order valence-electron chi connectivity index (χ1n) is 4.66. The largest absolute Gasteiger partial charge is 0.377 e. The van der Waals surface area contributed by atoms with Crippen molar-refractivity contribution in [3.05, 3.63) is 16.6 Å². The van der Waals surface area contributed by atoms with Crippen molar-refractivity contribution in [1.29, 1.82) is 0 Å². The zero-order valence-corrected chi connectivity index (χ0v) is 8.35. The SMILES string of the molecule is c1csc(CNC[C@@H]2CCCO2)n1. The molecule has 0 bridgehead atoms. The summed E-state index contributed by atoms with van der Waals surface area (Å²) in [6, 6.07) is 0. The second-order valence-corrected chi connectivity index (χ2v) is 4.17. The Balaban J connectivity index is 1.63. The molecule has 1 aromatic rings. The molecular formula is C9H14N2OS. The first-order chi connectivity index (χ1) is 6.45. The normalized spacial score (nSPS) is 22.3. The molecular weight excluding hydrogens is 184 g/mol. The summed E-state index contributed by atoms with van der Waals surface area (Å²) >= 11 is 1.69. The number of thiazole rings is 1. The minimum atomic E-state index is 0.431. The summed E-state index contributed by atoms with van der Waals surface area (Å²) in [6.07, 6.45) is 4.68. The van der Waals surface area contributed by atoms with Crippen molar-refractivity contribution in [2.24, 2.45) is 0 Å². The van der Waals surface area contributed by atoms with E-state index in [1.165, 1.54) is 12.8 Å². The van der Waals surface area contributed by atoms with E-state index in [9.17, 15) is 0 Å². The molecule has 0 saturated carbocycles. The molecule has 1 atom stereocenters. The number of nitrogens with one attached hydrogen (secondary N) is 1. The summed E-state index contributed by atoms with van der Waals surface area (Å²) in [5, 5.41) is 6.51. The third-order valence-corrected chi connectivity index (χ3v) is 2.94. The fraction of sp³-hybridized carbons (Fsp3) is 0.667. The monoisotopic (exact) mass is 198 g/mol. The molecule has 1 aliphatic heterocycles. The van der Waals surface area contributed by atoms with Gasteiger partial charge in [0, 0.05) is 31.3 Å². The average Bonchev–Trinajstić information content (AvgIpc) is 2.75. The first-order valence-corrected chi connectivity index (χ1v) is 5.54. The lowest BCUT2D eigenvalue weighted by Crippen LogP contribution is -2.25. The second-order valence-electron chi connectivity index (χ2n) is 3.19. The molecule has 3 nitrogen and oxygen atoms in total. The molecule has 0 radical (unpaired) electrons. The third kappa shape index (κ3) is 2.76. The summed E-state index contributed by atoms with van der Waals surface area (Å²) in [5.41, 5.74) is 0. The number of aromatic nitrogens is 1. The van der Waals surface area contributed by atoms with Crippen LogP contribution in [0.3, 0.4) is 0 Å². The molecule has 1 fully saturated rings. The van der Waals surface area contributed by atoms with Gasteiger partial charge in [-0.2, -0.15) is 0 Å². The highest BCUT2D eigenvalue weighted by atomic mass is 32.1. The van der Waals surface area contributed by atoms with Gasteiger partial charge in [0.05, 0.1) is 6.10 Å². The summed E-state index contributed by atoms with van der Waals surface area (Å²) < 4.78 is 5.49. The maximum absolute atomic E-state index is 5.49. The Morgan fingerprint density at radius 3 is 3.38 bits per heavy atom. The van der Waals surface area contributed by atoms with Gasteiger partial charge < -0.3 is 10.1 Å². The maximum atomic E-state index is 5.49.